The van der Waals surface area contributed by atoms with E-state index in [1.54, 1.807) is 6.92 Å². The van der Waals surface area contributed by atoms with Crippen LogP contribution in [0.2, 0.25) is 0 Å². The third kappa shape index (κ3) is 2.90. The van der Waals surface area contributed by atoms with Gasteiger partial charge in [-0.05, 0) is 47.2 Å². The van der Waals surface area contributed by atoms with Crippen molar-refractivity contribution < 1.29 is 9.53 Å². The summed E-state index contributed by atoms with van der Waals surface area (Å²) in [5.74, 6) is 0.567. The molecule has 21 heavy (non-hydrogen) atoms. The largest absolute Gasteiger partial charge is 0.444 e. The molecule has 106 valence electrons. The SMILES string of the molecule is Cc1nc2ccc(I)nc2n1C(=O)OCc1ccccc1. The smallest absolute Gasteiger partial charge is 0.421 e. The first-order valence-electron chi connectivity index (χ1n) is 6.38. The summed E-state index contributed by atoms with van der Waals surface area (Å²) in [4.78, 5) is 21.0. The molecular weight excluding hydrogens is 381 g/mol. The van der Waals surface area contributed by atoms with Gasteiger partial charge in [0.25, 0.3) is 0 Å². The number of ether oxygens (including phenoxy) is 1. The first-order chi connectivity index (χ1) is 10.1. The van der Waals surface area contributed by atoms with Crippen molar-refractivity contribution in [1.29, 1.82) is 0 Å². The fourth-order valence-electron chi connectivity index (χ4n) is 2.05. The fourth-order valence-corrected chi connectivity index (χ4v) is 2.46. The lowest BCUT2D eigenvalue weighted by Gasteiger charge is -2.07. The van der Waals surface area contributed by atoms with E-state index in [0.717, 1.165) is 9.26 Å². The van der Waals surface area contributed by atoms with Gasteiger partial charge in [-0.15, -0.1) is 0 Å². The number of nitrogens with zero attached hydrogens (tertiary/aromatic N) is 3. The molecule has 2 heterocycles. The van der Waals surface area contributed by atoms with Gasteiger partial charge < -0.3 is 4.74 Å². The Balaban J connectivity index is 1.87. The van der Waals surface area contributed by atoms with Gasteiger partial charge in [-0.1, -0.05) is 30.3 Å². The second-order valence-electron chi connectivity index (χ2n) is 4.51. The van der Waals surface area contributed by atoms with E-state index in [1.165, 1.54) is 4.57 Å². The molecular formula is C15H12IN3O2. The summed E-state index contributed by atoms with van der Waals surface area (Å²) in [5.41, 5.74) is 2.15. The lowest BCUT2D eigenvalue weighted by atomic mass is 10.2. The van der Waals surface area contributed by atoms with E-state index in [1.807, 2.05) is 42.5 Å². The predicted octanol–water partition coefficient (Wildman–Crippen LogP) is 3.53. The van der Waals surface area contributed by atoms with Gasteiger partial charge in [0.15, 0.2) is 5.65 Å². The molecule has 6 heteroatoms. The first-order valence-corrected chi connectivity index (χ1v) is 7.45. The van der Waals surface area contributed by atoms with Crippen LogP contribution in [0.5, 0.6) is 0 Å². The Labute approximate surface area is 135 Å². The van der Waals surface area contributed by atoms with Crippen LogP contribution in [0.15, 0.2) is 42.5 Å². The average molecular weight is 393 g/mol. The summed E-state index contributed by atoms with van der Waals surface area (Å²) >= 11 is 2.10. The van der Waals surface area contributed by atoms with Crippen LogP contribution < -0.4 is 0 Å². The van der Waals surface area contributed by atoms with E-state index in [2.05, 4.69) is 32.6 Å². The van der Waals surface area contributed by atoms with Crippen molar-refractivity contribution >= 4 is 39.8 Å². The molecule has 3 aromatic rings. The molecule has 2 aromatic heterocycles. The van der Waals surface area contributed by atoms with Gasteiger partial charge in [-0.3, -0.25) is 0 Å². The quantitative estimate of drug-likeness (QED) is 0.494. The van der Waals surface area contributed by atoms with Gasteiger partial charge in [0, 0.05) is 0 Å². The highest BCUT2D eigenvalue weighted by molar-refractivity contribution is 14.1. The van der Waals surface area contributed by atoms with Gasteiger partial charge in [-0.25, -0.2) is 19.3 Å². The molecule has 0 saturated heterocycles. The van der Waals surface area contributed by atoms with Gasteiger partial charge in [0.05, 0.1) is 0 Å². The summed E-state index contributed by atoms with van der Waals surface area (Å²) in [6.45, 7) is 1.99. The van der Waals surface area contributed by atoms with Crippen LogP contribution in [-0.4, -0.2) is 20.6 Å². The van der Waals surface area contributed by atoms with Crippen LogP contribution in [0.25, 0.3) is 11.2 Å². The maximum absolute atomic E-state index is 12.3. The Morgan fingerprint density at radius 3 is 2.71 bits per heavy atom. The lowest BCUT2D eigenvalue weighted by molar-refractivity contribution is 0.141. The molecule has 0 fully saturated rings. The molecule has 0 saturated carbocycles. The van der Waals surface area contributed by atoms with Crippen molar-refractivity contribution in [3.63, 3.8) is 0 Å². The normalized spacial score (nSPS) is 10.8. The van der Waals surface area contributed by atoms with Crippen molar-refractivity contribution in [3.05, 3.63) is 57.6 Å². The van der Waals surface area contributed by atoms with Crippen LogP contribution in [0.3, 0.4) is 0 Å². The minimum absolute atomic E-state index is 0.225. The number of hydrogen-bond acceptors (Lipinski definition) is 4. The van der Waals surface area contributed by atoms with Gasteiger partial charge in [0.1, 0.15) is 21.6 Å². The minimum Gasteiger partial charge on any atom is -0.444 e. The topological polar surface area (TPSA) is 57.0 Å². The maximum atomic E-state index is 12.3. The Morgan fingerprint density at radius 1 is 1.19 bits per heavy atom. The van der Waals surface area contributed by atoms with E-state index < -0.39 is 6.09 Å². The summed E-state index contributed by atoms with van der Waals surface area (Å²) in [6, 6.07) is 13.3. The van der Waals surface area contributed by atoms with E-state index in [-0.39, 0.29) is 6.61 Å². The van der Waals surface area contributed by atoms with Crippen LogP contribution >= 0.6 is 22.6 Å². The number of fused-ring (bicyclic) bond motifs is 1. The molecule has 3 rings (SSSR count). The molecule has 0 aliphatic carbocycles. The van der Waals surface area contributed by atoms with Crippen LogP contribution in [0.1, 0.15) is 11.4 Å². The number of aryl methyl sites for hydroxylation is 1. The predicted molar refractivity (Wildman–Crippen MR) is 87.0 cm³/mol. The number of imidazole rings is 1. The number of pyridine rings is 1. The highest BCUT2D eigenvalue weighted by Gasteiger charge is 2.16. The van der Waals surface area contributed by atoms with E-state index in [0.29, 0.717) is 17.0 Å². The van der Waals surface area contributed by atoms with E-state index in [9.17, 15) is 4.79 Å². The molecule has 0 atom stereocenters. The summed E-state index contributed by atoms with van der Waals surface area (Å²) in [5, 5.41) is 0. The van der Waals surface area contributed by atoms with Crippen molar-refractivity contribution in [2.75, 3.05) is 0 Å². The highest BCUT2D eigenvalue weighted by Crippen LogP contribution is 2.16. The van der Waals surface area contributed by atoms with Crippen molar-refractivity contribution in [2.24, 2.45) is 0 Å². The summed E-state index contributed by atoms with van der Waals surface area (Å²) in [7, 11) is 0. The zero-order chi connectivity index (χ0) is 14.8. The number of carbonyl (C=O) groups is 1. The second kappa shape index (κ2) is 5.80. The molecule has 1 aromatic carbocycles. The Morgan fingerprint density at radius 2 is 1.95 bits per heavy atom. The fraction of sp³-hybridized carbons (Fsp3) is 0.133. The number of rotatable bonds is 2. The van der Waals surface area contributed by atoms with Crippen LogP contribution in [0, 0.1) is 10.6 Å². The standard InChI is InChI=1S/C15H12IN3O2/c1-10-17-12-7-8-13(16)18-14(12)19(10)15(20)21-9-11-5-3-2-4-6-11/h2-8H,9H2,1H3. The molecule has 0 unspecified atom stereocenters. The number of aromatic nitrogens is 3. The number of halogens is 1. The van der Waals surface area contributed by atoms with Gasteiger partial charge in [0.2, 0.25) is 0 Å². The Hall–Kier alpha value is -1.96. The molecule has 0 amide bonds. The summed E-state index contributed by atoms with van der Waals surface area (Å²) < 4.78 is 7.55. The lowest BCUT2D eigenvalue weighted by Crippen LogP contribution is -2.15. The molecule has 5 nitrogen and oxygen atoms in total. The third-order valence-electron chi connectivity index (χ3n) is 3.03. The molecule has 0 spiro atoms. The number of hydrogen-bond donors (Lipinski definition) is 0. The van der Waals surface area contributed by atoms with Gasteiger partial charge in [-0.2, -0.15) is 0 Å². The second-order valence-corrected chi connectivity index (χ2v) is 5.62. The first kappa shape index (κ1) is 14.0. The highest BCUT2D eigenvalue weighted by atomic mass is 127. The van der Waals surface area contributed by atoms with Crippen molar-refractivity contribution in [3.8, 4) is 0 Å². The molecule has 0 aliphatic heterocycles. The zero-order valence-corrected chi connectivity index (χ0v) is 13.4. The van der Waals surface area contributed by atoms with E-state index in [4.69, 9.17) is 4.74 Å². The molecule has 0 aliphatic rings. The number of carbonyl (C=O) groups excluding carboxylic acids is 1. The van der Waals surface area contributed by atoms with Crippen LogP contribution in [-0.2, 0) is 11.3 Å². The zero-order valence-electron chi connectivity index (χ0n) is 11.3. The van der Waals surface area contributed by atoms with Crippen molar-refractivity contribution in [2.45, 2.75) is 13.5 Å². The molecule has 0 N–H and O–H groups in total. The van der Waals surface area contributed by atoms with E-state index >= 15 is 0 Å². The van der Waals surface area contributed by atoms with Crippen LogP contribution in [0.4, 0.5) is 4.79 Å². The molecule has 0 bridgehead atoms. The Kier molecular flexibility index (Phi) is 3.87. The Bertz CT molecular complexity index is 799. The van der Waals surface area contributed by atoms with Crippen molar-refractivity contribution in [1.82, 2.24) is 14.5 Å². The monoisotopic (exact) mass is 393 g/mol. The maximum Gasteiger partial charge on any atom is 0.421 e. The minimum atomic E-state index is -0.464. The third-order valence-corrected chi connectivity index (χ3v) is 3.63. The summed E-state index contributed by atoms with van der Waals surface area (Å²) in [6.07, 6.45) is -0.464. The number of benzene rings is 1. The average Bonchev–Trinajstić information content (AvgIpc) is 2.81. The van der Waals surface area contributed by atoms with Gasteiger partial charge >= 0.3 is 6.09 Å². The molecule has 0 radical (unpaired) electrons.